The molecule has 0 aromatic heterocycles. The third-order valence-corrected chi connectivity index (χ3v) is 5.62. The molecule has 1 aromatic rings. The lowest BCUT2D eigenvalue weighted by Crippen LogP contribution is -2.51. The quantitative estimate of drug-likeness (QED) is 0.803. The summed E-state index contributed by atoms with van der Waals surface area (Å²) in [7, 11) is 0. The molecule has 3 saturated heterocycles. The van der Waals surface area contributed by atoms with Crippen molar-refractivity contribution in [1.82, 2.24) is 9.80 Å². The van der Waals surface area contributed by atoms with Crippen molar-refractivity contribution in [3.8, 4) is 0 Å². The van der Waals surface area contributed by atoms with Crippen LogP contribution in [-0.4, -0.2) is 73.0 Å². The molecule has 4 rings (SSSR count). The van der Waals surface area contributed by atoms with Crippen LogP contribution in [0.3, 0.4) is 0 Å². The van der Waals surface area contributed by atoms with Crippen molar-refractivity contribution in [2.24, 2.45) is 0 Å². The van der Waals surface area contributed by atoms with E-state index in [4.69, 9.17) is 4.74 Å². The number of amides is 3. The first-order valence-corrected chi connectivity index (χ1v) is 9.73. The molecule has 27 heavy (non-hydrogen) atoms. The number of morpholine rings is 1. The van der Waals surface area contributed by atoms with Gasteiger partial charge in [-0.15, -0.1) is 0 Å². The van der Waals surface area contributed by atoms with Gasteiger partial charge in [0.15, 0.2) is 0 Å². The number of benzene rings is 1. The summed E-state index contributed by atoms with van der Waals surface area (Å²) in [6.07, 6.45) is 3.01. The molecule has 3 amide bonds. The Hall–Kier alpha value is -2.41. The van der Waals surface area contributed by atoms with Crippen LogP contribution < -0.4 is 4.90 Å². The Morgan fingerprint density at radius 2 is 1.70 bits per heavy atom. The van der Waals surface area contributed by atoms with Crippen molar-refractivity contribution < 1.29 is 19.1 Å². The van der Waals surface area contributed by atoms with Gasteiger partial charge in [-0.2, -0.15) is 0 Å². The van der Waals surface area contributed by atoms with Crippen LogP contribution in [0.15, 0.2) is 24.3 Å². The maximum atomic E-state index is 13.0. The number of ether oxygens (including phenoxy) is 1. The number of carbonyl (C=O) groups is 3. The SMILES string of the molecule is O=C([C@H]1CCCN1C(=O)c1ccc(N2CCCC2=O)cc1)N1CCOCC1. The summed E-state index contributed by atoms with van der Waals surface area (Å²) < 4.78 is 5.31. The molecular formula is C20H25N3O4. The molecule has 3 heterocycles. The minimum atomic E-state index is -0.379. The lowest BCUT2D eigenvalue weighted by molar-refractivity contribution is -0.139. The minimum Gasteiger partial charge on any atom is -0.378 e. The first-order valence-electron chi connectivity index (χ1n) is 9.73. The maximum Gasteiger partial charge on any atom is 0.254 e. The summed E-state index contributed by atoms with van der Waals surface area (Å²) in [6.45, 7) is 3.64. The van der Waals surface area contributed by atoms with Crippen LogP contribution >= 0.6 is 0 Å². The highest BCUT2D eigenvalue weighted by Gasteiger charge is 2.37. The number of hydrogen-bond donors (Lipinski definition) is 0. The van der Waals surface area contributed by atoms with E-state index < -0.39 is 0 Å². The molecule has 0 unspecified atom stereocenters. The summed E-state index contributed by atoms with van der Waals surface area (Å²) in [5.74, 6) is 0.0478. The predicted molar refractivity (Wildman–Crippen MR) is 99.5 cm³/mol. The molecule has 0 bridgehead atoms. The first kappa shape index (κ1) is 18.0. The van der Waals surface area contributed by atoms with Crippen LogP contribution in [0.4, 0.5) is 5.69 Å². The number of hydrogen-bond acceptors (Lipinski definition) is 4. The Bertz CT molecular complexity index is 727. The lowest BCUT2D eigenvalue weighted by atomic mass is 10.1. The summed E-state index contributed by atoms with van der Waals surface area (Å²) >= 11 is 0. The molecule has 3 aliphatic rings. The Balaban J connectivity index is 1.46. The summed E-state index contributed by atoms with van der Waals surface area (Å²) in [4.78, 5) is 43.0. The zero-order valence-corrected chi connectivity index (χ0v) is 15.4. The zero-order chi connectivity index (χ0) is 18.8. The normalized spacial score (nSPS) is 23.2. The van der Waals surface area contributed by atoms with Crippen molar-refractivity contribution in [2.45, 2.75) is 31.7 Å². The van der Waals surface area contributed by atoms with Gasteiger partial charge >= 0.3 is 0 Å². The van der Waals surface area contributed by atoms with Crippen LogP contribution in [0.1, 0.15) is 36.0 Å². The van der Waals surface area contributed by atoms with E-state index >= 15 is 0 Å². The molecule has 1 aromatic carbocycles. The number of likely N-dealkylation sites (tertiary alicyclic amines) is 1. The predicted octanol–water partition coefficient (Wildman–Crippen LogP) is 1.28. The number of anilines is 1. The van der Waals surface area contributed by atoms with Gasteiger partial charge in [0.25, 0.3) is 5.91 Å². The zero-order valence-electron chi connectivity index (χ0n) is 15.4. The molecule has 3 fully saturated rings. The smallest absolute Gasteiger partial charge is 0.254 e. The van der Waals surface area contributed by atoms with E-state index in [1.165, 1.54) is 0 Å². The number of rotatable bonds is 3. The molecule has 7 nitrogen and oxygen atoms in total. The molecule has 7 heteroatoms. The molecule has 0 N–H and O–H groups in total. The molecule has 0 radical (unpaired) electrons. The number of carbonyl (C=O) groups excluding carboxylic acids is 3. The monoisotopic (exact) mass is 371 g/mol. The van der Waals surface area contributed by atoms with E-state index in [2.05, 4.69) is 0 Å². The van der Waals surface area contributed by atoms with Gasteiger partial charge in [-0.3, -0.25) is 14.4 Å². The van der Waals surface area contributed by atoms with E-state index in [1.54, 1.807) is 21.9 Å². The highest BCUT2D eigenvalue weighted by atomic mass is 16.5. The highest BCUT2D eigenvalue weighted by molar-refractivity contribution is 5.99. The lowest BCUT2D eigenvalue weighted by Gasteiger charge is -2.32. The molecule has 0 spiro atoms. The van der Waals surface area contributed by atoms with E-state index in [1.807, 2.05) is 17.0 Å². The van der Waals surface area contributed by atoms with Gasteiger partial charge in [-0.25, -0.2) is 0 Å². The fraction of sp³-hybridized carbons (Fsp3) is 0.550. The van der Waals surface area contributed by atoms with Crippen LogP contribution in [0.2, 0.25) is 0 Å². The average Bonchev–Trinajstić information content (AvgIpc) is 3.37. The second kappa shape index (κ2) is 7.68. The van der Waals surface area contributed by atoms with Gasteiger partial charge in [0.1, 0.15) is 6.04 Å². The van der Waals surface area contributed by atoms with Gasteiger partial charge in [0, 0.05) is 43.9 Å². The average molecular weight is 371 g/mol. The van der Waals surface area contributed by atoms with Crippen molar-refractivity contribution >= 4 is 23.4 Å². The molecule has 0 saturated carbocycles. The summed E-state index contributed by atoms with van der Waals surface area (Å²) in [5, 5.41) is 0. The van der Waals surface area contributed by atoms with Crippen molar-refractivity contribution in [2.75, 3.05) is 44.3 Å². The van der Waals surface area contributed by atoms with Crippen molar-refractivity contribution in [1.29, 1.82) is 0 Å². The third kappa shape index (κ3) is 3.56. The minimum absolute atomic E-state index is 0.0310. The first-order chi connectivity index (χ1) is 13.1. The van der Waals surface area contributed by atoms with Gasteiger partial charge in [0.2, 0.25) is 11.8 Å². The molecule has 1 atom stereocenters. The Labute approximate surface area is 158 Å². The van der Waals surface area contributed by atoms with E-state index in [0.717, 1.165) is 25.1 Å². The standard InChI is InChI=1S/C20H25N3O4/c24-18-4-2-9-22(18)16-7-5-15(6-8-16)19(25)23-10-1-3-17(23)20(26)21-11-13-27-14-12-21/h5-8,17H,1-4,9-14H2/t17-/m1/s1. The topological polar surface area (TPSA) is 70.2 Å². The second-order valence-electron chi connectivity index (χ2n) is 7.29. The van der Waals surface area contributed by atoms with Gasteiger partial charge in [-0.1, -0.05) is 0 Å². The van der Waals surface area contributed by atoms with Crippen LogP contribution in [0, 0.1) is 0 Å². The molecule has 3 aliphatic heterocycles. The molecule has 144 valence electrons. The van der Waals surface area contributed by atoms with Crippen LogP contribution in [0.25, 0.3) is 0 Å². The summed E-state index contributed by atoms with van der Waals surface area (Å²) in [5.41, 5.74) is 1.39. The highest BCUT2D eigenvalue weighted by Crippen LogP contribution is 2.25. The fourth-order valence-corrected chi connectivity index (χ4v) is 4.13. The summed E-state index contributed by atoms with van der Waals surface area (Å²) in [6, 6.07) is 6.79. The Morgan fingerprint density at radius 1 is 0.963 bits per heavy atom. The third-order valence-electron chi connectivity index (χ3n) is 5.62. The van der Waals surface area contributed by atoms with Crippen molar-refractivity contribution in [3.63, 3.8) is 0 Å². The van der Waals surface area contributed by atoms with E-state index in [-0.39, 0.29) is 23.8 Å². The number of nitrogens with zero attached hydrogens (tertiary/aromatic N) is 3. The molecular weight excluding hydrogens is 346 g/mol. The Morgan fingerprint density at radius 3 is 2.37 bits per heavy atom. The largest absolute Gasteiger partial charge is 0.378 e. The van der Waals surface area contributed by atoms with Gasteiger partial charge in [0.05, 0.1) is 13.2 Å². The second-order valence-corrected chi connectivity index (χ2v) is 7.29. The van der Waals surface area contributed by atoms with Crippen LogP contribution in [0.5, 0.6) is 0 Å². The van der Waals surface area contributed by atoms with Gasteiger partial charge in [-0.05, 0) is 43.5 Å². The fourth-order valence-electron chi connectivity index (χ4n) is 4.13. The van der Waals surface area contributed by atoms with Gasteiger partial charge < -0.3 is 19.4 Å². The van der Waals surface area contributed by atoms with E-state index in [9.17, 15) is 14.4 Å². The van der Waals surface area contributed by atoms with Crippen LogP contribution in [-0.2, 0) is 14.3 Å². The van der Waals surface area contributed by atoms with E-state index in [0.29, 0.717) is 51.3 Å². The van der Waals surface area contributed by atoms with Crippen molar-refractivity contribution in [3.05, 3.63) is 29.8 Å². The maximum absolute atomic E-state index is 13.0. The Kier molecular flexibility index (Phi) is 5.11. The molecule has 0 aliphatic carbocycles.